The van der Waals surface area contributed by atoms with Gasteiger partial charge in [-0.2, -0.15) is 0 Å². The van der Waals surface area contributed by atoms with Gasteiger partial charge in [-0.05, 0) is 43.2 Å². The summed E-state index contributed by atoms with van der Waals surface area (Å²) in [5.74, 6) is -0.0574. The maximum atomic E-state index is 12.6. The second-order valence-electron chi connectivity index (χ2n) is 6.97. The van der Waals surface area contributed by atoms with Crippen LogP contribution in [0.4, 0.5) is 10.8 Å². The molecule has 0 saturated heterocycles. The van der Waals surface area contributed by atoms with E-state index in [2.05, 4.69) is 16.9 Å². The molecule has 0 aliphatic rings. The van der Waals surface area contributed by atoms with Crippen LogP contribution in [0.1, 0.15) is 40.5 Å². The molecule has 0 radical (unpaired) electrons. The van der Waals surface area contributed by atoms with E-state index in [4.69, 9.17) is 9.15 Å². The fraction of sp³-hybridized carbons (Fsp3) is 0.217. The lowest BCUT2D eigenvalue weighted by Gasteiger charge is -2.18. The highest BCUT2D eigenvalue weighted by atomic mass is 32.1. The number of rotatable bonds is 7. The largest absolute Gasteiger partial charge is 0.462 e. The Morgan fingerprint density at radius 3 is 2.59 bits per heavy atom. The first-order chi connectivity index (χ1) is 15.5. The maximum Gasteiger partial charge on any atom is 0.358 e. The number of hydrogen-bond donors (Lipinski definition) is 0. The lowest BCUT2D eigenvalue weighted by molar-refractivity contribution is -0.115. The van der Waals surface area contributed by atoms with Gasteiger partial charge in [0, 0.05) is 17.2 Å². The lowest BCUT2D eigenvalue weighted by atomic mass is 10.1. The van der Waals surface area contributed by atoms with Crippen LogP contribution in [-0.4, -0.2) is 21.8 Å². The summed E-state index contributed by atoms with van der Waals surface area (Å²) in [5, 5.41) is 2.93. The first-order valence-corrected chi connectivity index (χ1v) is 11.7. The summed E-state index contributed by atoms with van der Waals surface area (Å²) < 4.78 is 10.8. The molecule has 9 heteroatoms. The average molecular weight is 468 g/mol. The Morgan fingerprint density at radius 1 is 1.16 bits per heavy atom. The molecule has 3 heterocycles. The van der Waals surface area contributed by atoms with Gasteiger partial charge in [0.15, 0.2) is 21.6 Å². The molecular formula is C23H21N3O4S2. The first kappa shape index (κ1) is 21.9. The number of thiazole rings is 2. The zero-order valence-electron chi connectivity index (χ0n) is 17.8. The molecule has 0 aliphatic carbocycles. The van der Waals surface area contributed by atoms with E-state index in [0.717, 1.165) is 17.0 Å². The van der Waals surface area contributed by atoms with Crippen molar-refractivity contribution in [1.82, 2.24) is 9.97 Å². The van der Waals surface area contributed by atoms with Gasteiger partial charge in [0.25, 0.3) is 0 Å². The number of hydrogen-bond acceptors (Lipinski definition) is 8. The van der Waals surface area contributed by atoms with Crippen molar-refractivity contribution < 1.29 is 18.7 Å². The molecule has 0 spiro atoms. The molecule has 1 aromatic carbocycles. The third-order valence-corrected chi connectivity index (χ3v) is 6.58. The molecule has 0 atom stereocenters. The van der Waals surface area contributed by atoms with E-state index in [9.17, 15) is 9.59 Å². The van der Waals surface area contributed by atoms with Gasteiger partial charge in [-0.1, -0.05) is 19.1 Å². The van der Waals surface area contributed by atoms with E-state index in [-0.39, 0.29) is 18.2 Å². The molecule has 4 rings (SSSR count). The predicted molar refractivity (Wildman–Crippen MR) is 124 cm³/mol. The first-order valence-electron chi connectivity index (χ1n) is 9.98. The number of aromatic nitrogens is 2. The summed E-state index contributed by atoms with van der Waals surface area (Å²) in [6.45, 7) is 5.38. The Hall–Kier alpha value is -3.30. The highest BCUT2D eigenvalue weighted by Gasteiger charge is 2.21. The zero-order valence-corrected chi connectivity index (χ0v) is 19.5. The van der Waals surface area contributed by atoms with E-state index < -0.39 is 5.97 Å². The predicted octanol–water partition coefficient (Wildman–Crippen LogP) is 5.77. The van der Waals surface area contributed by atoms with Crippen LogP contribution < -0.4 is 4.90 Å². The van der Waals surface area contributed by atoms with Crippen LogP contribution in [0.5, 0.6) is 0 Å². The van der Waals surface area contributed by atoms with Crippen molar-refractivity contribution in [3.05, 3.63) is 69.9 Å². The van der Waals surface area contributed by atoms with Crippen molar-refractivity contribution in [3.63, 3.8) is 0 Å². The van der Waals surface area contributed by atoms with Gasteiger partial charge < -0.3 is 9.15 Å². The summed E-state index contributed by atoms with van der Waals surface area (Å²) in [7, 11) is 0. The van der Waals surface area contributed by atoms with Gasteiger partial charge in [-0.15, -0.1) is 22.7 Å². The van der Waals surface area contributed by atoms with E-state index >= 15 is 0 Å². The highest BCUT2D eigenvalue weighted by Crippen LogP contribution is 2.30. The Balaban J connectivity index is 1.45. The SMILES string of the molecule is CCc1ccc(N(C(C)=O)c2nc(COC(=O)c3nc(-c4ccco4)sc3C)cs2)cc1. The standard InChI is InChI=1S/C23H21N3O4S2/c1-4-16-7-9-18(10-8-16)26(15(3)27)23-24-17(13-31-23)12-30-22(28)20-14(2)32-21(25-20)19-6-5-11-29-19/h5-11,13H,4,12H2,1-3H3. The summed E-state index contributed by atoms with van der Waals surface area (Å²) >= 11 is 2.69. The number of amides is 1. The molecule has 3 aromatic heterocycles. The molecule has 4 aromatic rings. The minimum absolute atomic E-state index is 0.0110. The van der Waals surface area contributed by atoms with Crippen molar-refractivity contribution in [3.8, 4) is 10.8 Å². The van der Waals surface area contributed by atoms with Crippen molar-refractivity contribution in [2.75, 3.05) is 4.90 Å². The smallest absolute Gasteiger partial charge is 0.358 e. The second-order valence-corrected chi connectivity index (χ2v) is 9.01. The Labute approximate surface area is 193 Å². The number of anilines is 2. The number of esters is 1. The van der Waals surface area contributed by atoms with Crippen LogP contribution in [0.25, 0.3) is 10.8 Å². The van der Waals surface area contributed by atoms with Crippen molar-refractivity contribution in [1.29, 1.82) is 0 Å². The fourth-order valence-electron chi connectivity index (χ4n) is 3.07. The van der Waals surface area contributed by atoms with E-state index in [0.29, 0.717) is 21.6 Å². The number of furan rings is 1. The van der Waals surface area contributed by atoms with Gasteiger partial charge in [-0.3, -0.25) is 9.69 Å². The van der Waals surface area contributed by atoms with Crippen LogP contribution in [0, 0.1) is 6.92 Å². The van der Waals surface area contributed by atoms with Crippen LogP contribution in [0.2, 0.25) is 0 Å². The molecule has 0 aliphatic heterocycles. The van der Waals surface area contributed by atoms with E-state index in [1.165, 1.54) is 35.2 Å². The molecule has 164 valence electrons. The quantitative estimate of drug-likeness (QED) is 0.321. The zero-order chi connectivity index (χ0) is 22.7. The number of benzene rings is 1. The minimum Gasteiger partial charge on any atom is -0.462 e. The number of carbonyl (C=O) groups excluding carboxylic acids is 2. The normalized spacial score (nSPS) is 10.8. The highest BCUT2D eigenvalue weighted by molar-refractivity contribution is 7.15. The van der Waals surface area contributed by atoms with Crippen molar-refractivity contribution in [2.24, 2.45) is 0 Å². The van der Waals surface area contributed by atoms with E-state index in [1.807, 2.05) is 31.2 Å². The third kappa shape index (κ3) is 4.63. The molecule has 0 unspecified atom stereocenters. The summed E-state index contributed by atoms with van der Waals surface area (Å²) in [4.78, 5) is 36.0. The monoisotopic (exact) mass is 467 g/mol. The van der Waals surface area contributed by atoms with Gasteiger partial charge in [-0.25, -0.2) is 14.8 Å². The fourth-order valence-corrected chi connectivity index (χ4v) is 4.81. The average Bonchev–Trinajstić information content (AvgIpc) is 3.54. The van der Waals surface area contributed by atoms with Gasteiger partial charge in [0.1, 0.15) is 6.61 Å². The minimum atomic E-state index is -0.523. The molecule has 32 heavy (non-hydrogen) atoms. The van der Waals surface area contributed by atoms with Crippen LogP contribution in [0.15, 0.2) is 52.5 Å². The second kappa shape index (κ2) is 9.46. The molecule has 0 bridgehead atoms. The Morgan fingerprint density at radius 2 is 1.94 bits per heavy atom. The van der Waals surface area contributed by atoms with Gasteiger partial charge in [0.2, 0.25) is 5.91 Å². The summed E-state index contributed by atoms with van der Waals surface area (Å²) in [6, 6.07) is 11.4. The number of aryl methyl sites for hydroxylation is 2. The van der Waals surface area contributed by atoms with Gasteiger partial charge in [0.05, 0.1) is 17.6 Å². The van der Waals surface area contributed by atoms with Crippen molar-refractivity contribution in [2.45, 2.75) is 33.8 Å². The van der Waals surface area contributed by atoms with Crippen LogP contribution in [0.3, 0.4) is 0 Å². The summed E-state index contributed by atoms with van der Waals surface area (Å²) in [6.07, 6.45) is 2.49. The summed E-state index contributed by atoms with van der Waals surface area (Å²) in [5.41, 5.74) is 2.76. The van der Waals surface area contributed by atoms with E-state index in [1.54, 1.807) is 28.7 Å². The Kier molecular flexibility index (Phi) is 6.48. The number of nitrogens with zero attached hydrogens (tertiary/aromatic N) is 3. The molecule has 0 saturated carbocycles. The number of carbonyl (C=O) groups is 2. The molecule has 7 nitrogen and oxygen atoms in total. The topological polar surface area (TPSA) is 85.5 Å². The molecule has 0 N–H and O–H groups in total. The lowest BCUT2D eigenvalue weighted by Crippen LogP contribution is -2.22. The molecular weight excluding hydrogens is 446 g/mol. The third-order valence-electron chi connectivity index (χ3n) is 4.72. The maximum absolute atomic E-state index is 12.6. The number of ether oxygens (including phenoxy) is 1. The Bertz CT molecular complexity index is 1230. The molecule has 1 amide bonds. The van der Waals surface area contributed by atoms with Gasteiger partial charge >= 0.3 is 5.97 Å². The van der Waals surface area contributed by atoms with Crippen LogP contribution in [-0.2, 0) is 22.6 Å². The van der Waals surface area contributed by atoms with Crippen LogP contribution >= 0.6 is 22.7 Å². The van der Waals surface area contributed by atoms with Crippen molar-refractivity contribution >= 4 is 45.4 Å². The molecule has 0 fully saturated rings.